The Morgan fingerprint density at radius 3 is 2.40 bits per heavy atom. The average molecular weight is 348 g/mol. The van der Waals surface area contributed by atoms with Crippen molar-refractivity contribution in [2.45, 2.75) is 47.5 Å². The maximum absolute atomic E-state index is 12.1. The molecule has 25 heavy (non-hydrogen) atoms. The van der Waals surface area contributed by atoms with Gasteiger partial charge in [0.1, 0.15) is 0 Å². The van der Waals surface area contributed by atoms with Crippen molar-refractivity contribution in [2.75, 3.05) is 20.1 Å². The van der Waals surface area contributed by atoms with E-state index in [9.17, 15) is 14.7 Å². The summed E-state index contributed by atoms with van der Waals surface area (Å²) in [5.74, 6) is -0.399. The summed E-state index contributed by atoms with van der Waals surface area (Å²) in [4.78, 5) is 24.0. The van der Waals surface area contributed by atoms with Crippen molar-refractivity contribution in [2.24, 2.45) is 0 Å². The van der Waals surface area contributed by atoms with Crippen LogP contribution in [0.25, 0.3) is 0 Å². The monoisotopic (exact) mass is 348 g/mol. The molecule has 0 saturated carbocycles. The van der Waals surface area contributed by atoms with Crippen molar-refractivity contribution in [3.8, 4) is 0 Å². The van der Waals surface area contributed by atoms with Crippen LogP contribution in [-0.4, -0.2) is 42.5 Å². The second kappa shape index (κ2) is 12.1. The number of amides is 2. The molecule has 2 N–H and O–H groups in total. The fraction of sp³-hybridized carbons (Fsp3) is 0.500. The van der Waals surface area contributed by atoms with Gasteiger partial charge >= 0.3 is 0 Å². The Morgan fingerprint density at radius 1 is 1.24 bits per heavy atom. The highest BCUT2D eigenvalue weighted by Gasteiger charge is 2.14. The first-order valence-corrected chi connectivity index (χ1v) is 8.73. The highest BCUT2D eigenvalue weighted by molar-refractivity contribution is 5.94. The molecule has 0 aromatic heterocycles. The normalized spacial score (nSPS) is 11.0. The third-order valence-electron chi connectivity index (χ3n) is 3.80. The molecule has 2 amide bonds. The Balaban J connectivity index is 0.00000277. The number of nitrogens with one attached hydrogen (secondary N) is 1. The molecule has 1 rings (SSSR count). The molecule has 0 aliphatic carbocycles. The first kappa shape index (κ1) is 22.7. The molecule has 0 unspecified atom stereocenters. The molecule has 0 fully saturated rings. The summed E-state index contributed by atoms with van der Waals surface area (Å²) in [5, 5.41) is 12.4. The topological polar surface area (TPSA) is 69.6 Å². The number of likely N-dealkylation sites (N-methyl/N-ethyl adjacent to an activating group) is 1. The molecule has 5 nitrogen and oxygen atoms in total. The fourth-order valence-electron chi connectivity index (χ4n) is 2.20. The van der Waals surface area contributed by atoms with Crippen molar-refractivity contribution in [3.63, 3.8) is 0 Å². The molecular weight excluding hydrogens is 316 g/mol. The van der Waals surface area contributed by atoms with Crippen LogP contribution in [0.1, 0.15) is 43.9 Å². The quantitative estimate of drug-likeness (QED) is 0.328. The largest absolute Gasteiger partial charge is 0.512 e. The van der Waals surface area contributed by atoms with Crippen LogP contribution in [0, 0.1) is 13.8 Å². The van der Waals surface area contributed by atoms with Crippen molar-refractivity contribution in [1.82, 2.24) is 10.2 Å². The number of hydrogen-bond acceptors (Lipinski definition) is 3. The molecule has 0 atom stereocenters. The van der Waals surface area contributed by atoms with E-state index >= 15 is 0 Å². The van der Waals surface area contributed by atoms with Gasteiger partial charge in [-0.2, -0.15) is 0 Å². The van der Waals surface area contributed by atoms with Gasteiger partial charge in [-0.3, -0.25) is 9.59 Å². The smallest absolute Gasteiger partial charge is 0.252 e. The lowest BCUT2D eigenvalue weighted by Gasteiger charge is -2.15. The van der Waals surface area contributed by atoms with E-state index in [0.29, 0.717) is 13.0 Å². The number of aliphatic hydroxyl groups excluding tert-OH is 1. The number of aryl methyl sites for hydroxylation is 3. The maximum atomic E-state index is 12.1. The standard InChI is InChI=1S/C18H26N2O3.C2H6/c1-13-7-8-16(10-14(13)2)6-5-9-19-18(23)17(15(3)22)11-20(4)12-21;1-2/h7-8,10,12,22H,5-6,9,11H2,1-4H3,(H,19,23);1-2H3/b17-15-;. The Kier molecular flexibility index (Phi) is 11.0. The predicted molar refractivity (Wildman–Crippen MR) is 103 cm³/mol. The molecule has 0 bridgehead atoms. The third kappa shape index (κ3) is 8.38. The van der Waals surface area contributed by atoms with Crippen LogP contribution in [0.3, 0.4) is 0 Å². The van der Waals surface area contributed by atoms with Gasteiger partial charge in [0.05, 0.1) is 17.9 Å². The Morgan fingerprint density at radius 2 is 1.88 bits per heavy atom. The van der Waals surface area contributed by atoms with Gasteiger partial charge in [0.2, 0.25) is 6.41 Å². The minimum atomic E-state index is -0.334. The predicted octanol–water partition coefficient (Wildman–Crippen LogP) is 3.30. The molecule has 0 spiro atoms. The van der Waals surface area contributed by atoms with E-state index in [1.54, 1.807) is 7.05 Å². The summed E-state index contributed by atoms with van der Waals surface area (Å²) in [6.07, 6.45) is 2.32. The van der Waals surface area contributed by atoms with Crippen molar-refractivity contribution in [1.29, 1.82) is 0 Å². The maximum Gasteiger partial charge on any atom is 0.252 e. The number of nitrogens with zero attached hydrogens (tertiary/aromatic N) is 1. The number of carbonyl (C=O) groups is 2. The zero-order valence-electron chi connectivity index (χ0n) is 16.3. The van der Waals surface area contributed by atoms with Crippen LogP contribution in [0.4, 0.5) is 0 Å². The lowest BCUT2D eigenvalue weighted by Crippen LogP contribution is -2.32. The lowest BCUT2D eigenvalue weighted by atomic mass is 10.0. The third-order valence-corrected chi connectivity index (χ3v) is 3.80. The van der Waals surface area contributed by atoms with Crippen molar-refractivity contribution in [3.05, 3.63) is 46.2 Å². The molecule has 0 aliphatic heterocycles. The van der Waals surface area contributed by atoms with Crippen LogP contribution >= 0.6 is 0 Å². The second-order valence-corrected chi connectivity index (χ2v) is 5.86. The molecule has 1 aromatic rings. The van der Waals surface area contributed by atoms with E-state index in [4.69, 9.17) is 0 Å². The summed E-state index contributed by atoms with van der Waals surface area (Å²) < 4.78 is 0. The summed E-state index contributed by atoms with van der Waals surface area (Å²) in [6, 6.07) is 6.38. The fourth-order valence-corrected chi connectivity index (χ4v) is 2.20. The molecule has 1 aromatic carbocycles. The van der Waals surface area contributed by atoms with Crippen LogP contribution in [0.15, 0.2) is 29.5 Å². The van der Waals surface area contributed by atoms with E-state index in [-0.39, 0.29) is 23.8 Å². The van der Waals surface area contributed by atoms with Gasteiger partial charge in [-0.1, -0.05) is 32.0 Å². The SMILES string of the molecule is C/C(O)=C(\CN(C)C=O)C(=O)NCCCc1ccc(C)c(C)c1.CC. The van der Waals surface area contributed by atoms with Gasteiger partial charge in [-0.25, -0.2) is 0 Å². The van der Waals surface area contributed by atoms with E-state index in [0.717, 1.165) is 12.8 Å². The zero-order valence-corrected chi connectivity index (χ0v) is 16.3. The van der Waals surface area contributed by atoms with Gasteiger partial charge in [-0.15, -0.1) is 0 Å². The summed E-state index contributed by atoms with van der Waals surface area (Å²) in [5.41, 5.74) is 4.00. The Hall–Kier alpha value is -2.30. The second-order valence-electron chi connectivity index (χ2n) is 5.86. The van der Waals surface area contributed by atoms with Gasteiger partial charge in [0.25, 0.3) is 5.91 Å². The van der Waals surface area contributed by atoms with Gasteiger partial charge in [0, 0.05) is 13.6 Å². The van der Waals surface area contributed by atoms with E-state index in [1.807, 2.05) is 13.8 Å². The number of hydrogen-bond donors (Lipinski definition) is 2. The number of rotatable bonds is 8. The first-order chi connectivity index (χ1) is 11.8. The zero-order chi connectivity index (χ0) is 19.4. The molecular formula is C20H32N2O3. The van der Waals surface area contributed by atoms with Crippen LogP contribution in [-0.2, 0) is 16.0 Å². The van der Waals surface area contributed by atoms with Gasteiger partial charge in [0.15, 0.2) is 0 Å². The summed E-state index contributed by atoms with van der Waals surface area (Å²) in [7, 11) is 1.56. The molecule has 0 saturated heterocycles. The molecule has 0 heterocycles. The van der Waals surface area contributed by atoms with Crippen LogP contribution in [0.2, 0.25) is 0 Å². The average Bonchev–Trinajstić information content (AvgIpc) is 2.60. The molecule has 0 radical (unpaired) electrons. The van der Waals surface area contributed by atoms with Crippen molar-refractivity contribution >= 4 is 12.3 Å². The number of carbonyl (C=O) groups excluding carboxylic acids is 2. The highest BCUT2D eigenvalue weighted by atomic mass is 16.3. The highest BCUT2D eigenvalue weighted by Crippen LogP contribution is 2.11. The van der Waals surface area contributed by atoms with Crippen molar-refractivity contribution < 1.29 is 14.7 Å². The summed E-state index contributed by atoms with van der Waals surface area (Å²) in [6.45, 7) is 10.2. The van der Waals surface area contributed by atoms with E-state index in [1.165, 1.54) is 28.5 Å². The summed E-state index contributed by atoms with van der Waals surface area (Å²) >= 11 is 0. The molecule has 5 heteroatoms. The number of allylic oxidation sites excluding steroid dienone is 1. The molecule has 140 valence electrons. The van der Waals surface area contributed by atoms with Gasteiger partial charge < -0.3 is 15.3 Å². The van der Waals surface area contributed by atoms with Crippen LogP contribution in [0.5, 0.6) is 0 Å². The Bertz CT molecular complexity index is 591. The number of benzene rings is 1. The minimum Gasteiger partial charge on any atom is -0.512 e. The number of aliphatic hydroxyl groups is 1. The van der Waals surface area contributed by atoms with E-state index < -0.39 is 0 Å². The Labute approximate surface area is 151 Å². The first-order valence-electron chi connectivity index (χ1n) is 8.73. The lowest BCUT2D eigenvalue weighted by molar-refractivity contribution is -0.118. The van der Waals surface area contributed by atoms with Gasteiger partial charge in [-0.05, 0) is 50.3 Å². The minimum absolute atomic E-state index is 0.0645. The molecule has 0 aliphatic rings. The van der Waals surface area contributed by atoms with E-state index in [2.05, 4.69) is 37.4 Å². The van der Waals surface area contributed by atoms with Crippen LogP contribution < -0.4 is 5.32 Å².